The van der Waals surface area contributed by atoms with Gasteiger partial charge in [-0.25, -0.2) is 0 Å². The van der Waals surface area contributed by atoms with Crippen LogP contribution >= 0.6 is 0 Å². The topological polar surface area (TPSA) is 117 Å². The number of nitrogens with zero attached hydrogens (tertiary/aromatic N) is 5. The van der Waals surface area contributed by atoms with Crippen molar-refractivity contribution in [3.05, 3.63) is 28.8 Å². The number of aliphatic carboxylic acids is 1. The molecule has 26 heavy (non-hydrogen) atoms. The summed E-state index contributed by atoms with van der Waals surface area (Å²) in [4.78, 5) is 26.2. The maximum absolute atomic E-state index is 13.2. The molecule has 0 bridgehead atoms. The number of likely N-dealkylation sites (tertiary alicyclic amines) is 1. The lowest BCUT2D eigenvalue weighted by Gasteiger charge is -2.16. The highest BCUT2D eigenvalue weighted by Crippen LogP contribution is 2.42. The van der Waals surface area contributed by atoms with Crippen molar-refractivity contribution >= 4 is 11.9 Å². The predicted octanol–water partition coefficient (Wildman–Crippen LogP) is 1.05. The number of aromatic nitrogens is 5. The molecular weight excluding hydrogens is 336 g/mol. The number of H-pyrrole nitrogens is 1. The first-order valence-corrected chi connectivity index (χ1v) is 8.86. The predicted molar refractivity (Wildman–Crippen MR) is 90.7 cm³/mol. The second kappa shape index (κ2) is 6.22. The van der Waals surface area contributed by atoms with Crippen LogP contribution in [-0.2, 0) is 11.8 Å². The fourth-order valence-electron chi connectivity index (χ4n) is 3.87. The fraction of sp³-hybridized carbons (Fsp3) is 0.588. The zero-order chi connectivity index (χ0) is 18.4. The van der Waals surface area contributed by atoms with Crippen molar-refractivity contribution in [1.29, 1.82) is 0 Å². The summed E-state index contributed by atoms with van der Waals surface area (Å²) in [6, 6.07) is 0. The van der Waals surface area contributed by atoms with Crippen LogP contribution in [0.2, 0.25) is 0 Å². The molecule has 0 radical (unpaired) electrons. The van der Waals surface area contributed by atoms with Crippen molar-refractivity contribution in [1.82, 2.24) is 30.1 Å². The molecular formula is C17H22N6O3. The smallest absolute Gasteiger partial charge is 0.303 e. The average molecular weight is 358 g/mol. The molecule has 2 aromatic heterocycles. The Morgan fingerprint density at radius 3 is 2.73 bits per heavy atom. The third kappa shape index (κ3) is 2.97. The first kappa shape index (κ1) is 16.7. The number of carbonyl (C=O) groups is 2. The number of hydrogen-bond acceptors (Lipinski definition) is 5. The Hall–Kier alpha value is -2.71. The zero-order valence-electron chi connectivity index (χ0n) is 14.8. The van der Waals surface area contributed by atoms with E-state index in [-0.39, 0.29) is 24.2 Å². The van der Waals surface area contributed by atoms with Gasteiger partial charge in [-0.05, 0) is 25.7 Å². The van der Waals surface area contributed by atoms with Crippen LogP contribution in [0.5, 0.6) is 0 Å². The van der Waals surface area contributed by atoms with Crippen molar-refractivity contribution in [2.24, 2.45) is 13.0 Å². The van der Waals surface area contributed by atoms with Gasteiger partial charge in [0, 0.05) is 43.9 Å². The van der Waals surface area contributed by atoms with Crippen molar-refractivity contribution in [3.8, 4) is 0 Å². The van der Waals surface area contributed by atoms with E-state index < -0.39 is 5.97 Å². The highest BCUT2D eigenvalue weighted by Gasteiger charge is 2.41. The molecule has 138 valence electrons. The van der Waals surface area contributed by atoms with Crippen molar-refractivity contribution in [2.75, 3.05) is 13.1 Å². The van der Waals surface area contributed by atoms with Gasteiger partial charge in [-0.2, -0.15) is 5.10 Å². The molecule has 2 fully saturated rings. The number of nitrogens with one attached hydrogen (secondary N) is 1. The minimum atomic E-state index is -0.864. The number of aromatic amines is 1. The monoisotopic (exact) mass is 358 g/mol. The quantitative estimate of drug-likeness (QED) is 0.825. The third-order valence-electron chi connectivity index (χ3n) is 5.32. The Labute approximate surface area is 150 Å². The van der Waals surface area contributed by atoms with E-state index in [1.165, 1.54) is 0 Å². The van der Waals surface area contributed by atoms with Gasteiger partial charge in [-0.15, -0.1) is 5.10 Å². The molecule has 1 saturated carbocycles. The van der Waals surface area contributed by atoms with Crippen LogP contribution in [-0.4, -0.2) is 60.2 Å². The molecule has 4 rings (SSSR count). The van der Waals surface area contributed by atoms with Crippen molar-refractivity contribution in [2.45, 2.75) is 38.0 Å². The highest BCUT2D eigenvalue weighted by atomic mass is 16.4. The van der Waals surface area contributed by atoms with Crippen molar-refractivity contribution in [3.63, 3.8) is 0 Å². The van der Waals surface area contributed by atoms with Gasteiger partial charge in [0.15, 0.2) is 0 Å². The summed E-state index contributed by atoms with van der Waals surface area (Å²) in [5.74, 6) is -0.867. The van der Waals surface area contributed by atoms with Crippen LogP contribution in [0.15, 0.2) is 6.20 Å². The lowest BCUT2D eigenvalue weighted by molar-refractivity contribution is -0.138. The largest absolute Gasteiger partial charge is 0.481 e. The van der Waals surface area contributed by atoms with E-state index in [0.29, 0.717) is 24.6 Å². The van der Waals surface area contributed by atoms with Gasteiger partial charge in [0.05, 0.1) is 23.4 Å². The zero-order valence-corrected chi connectivity index (χ0v) is 14.8. The van der Waals surface area contributed by atoms with Crippen LogP contribution in [0.25, 0.3) is 0 Å². The Balaban J connectivity index is 1.60. The van der Waals surface area contributed by atoms with E-state index in [2.05, 4.69) is 20.5 Å². The highest BCUT2D eigenvalue weighted by molar-refractivity contribution is 5.97. The SMILES string of the molecule is Cc1[nH]nc(C2CC2)c1C(=O)N1C[C@H](CC(=O)O)[C@H](c2cn(C)nn2)C1. The Bertz CT molecular complexity index is 853. The molecule has 2 atom stereocenters. The number of carboxylic acids is 1. The van der Waals surface area contributed by atoms with Gasteiger partial charge < -0.3 is 10.0 Å². The molecule has 1 amide bonds. The normalized spacial score (nSPS) is 22.8. The molecule has 0 spiro atoms. The lowest BCUT2D eigenvalue weighted by atomic mass is 9.91. The first-order chi connectivity index (χ1) is 12.4. The number of aryl methyl sites for hydroxylation is 2. The molecule has 3 heterocycles. The van der Waals surface area contributed by atoms with E-state index in [4.69, 9.17) is 0 Å². The molecule has 2 N–H and O–H groups in total. The second-order valence-electron chi connectivity index (χ2n) is 7.37. The summed E-state index contributed by atoms with van der Waals surface area (Å²) < 4.78 is 1.60. The van der Waals surface area contributed by atoms with Crippen LogP contribution in [0.4, 0.5) is 0 Å². The second-order valence-corrected chi connectivity index (χ2v) is 7.37. The minimum Gasteiger partial charge on any atom is -0.481 e. The standard InChI is InChI=1S/C17H22N6O3/c1-9-15(16(20-18-9)10-3-4-10)17(26)23-6-11(5-14(24)25)12(7-23)13-8-22(2)21-19-13/h8,10-12H,3-7H2,1-2H3,(H,18,20)(H,24,25)/t11-,12+/m0/s1. The van der Waals surface area contributed by atoms with Crippen LogP contribution in [0.1, 0.15) is 58.5 Å². The summed E-state index contributed by atoms with van der Waals surface area (Å²) in [7, 11) is 1.78. The molecule has 1 saturated heterocycles. The van der Waals surface area contributed by atoms with Gasteiger partial charge in [0.25, 0.3) is 5.91 Å². The van der Waals surface area contributed by atoms with Gasteiger partial charge in [0.2, 0.25) is 0 Å². The molecule has 0 unspecified atom stereocenters. The van der Waals surface area contributed by atoms with Crippen LogP contribution in [0, 0.1) is 12.8 Å². The number of carboxylic acid groups (broad SMARTS) is 1. The summed E-state index contributed by atoms with van der Waals surface area (Å²) >= 11 is 0. The third-order valence-corrected chi connectivity index (χ3v) is 5.32. The lowest BCUT2D eigenvalue weighted by Crippen LogP contribution is -2.30. The van der Waals surface area contributed by atoms with Gasteiger partial charge in [-0.3, -0.25) is 19.4 Å². The van der Waals surface area contributed by atoms with Gasteiger partial charge in [0.1, 0.15) is 0 Å². The summed E-state index contributed by atoms with van der Waals surface area (Å²) in [6.07, 6.45) is 3.93. The fourth-order valence-corrected chi connectivity index (χ4v) is 3.87. The van der Waals surface area contributed by atoms with Crippen LogP contribution < -0.4 is 0 Å². The number of rotatable bonds is 5. The van der Waals surface area contributed by atoms with Gasteiger partial charge in [-0.1, -0.05) is 5.21 Å². The number of amides is 1. The maximum atomic E-state index is 13.2. The molecule has 9 nitrogen and oxygen atoms in total. The molecule has 1 aliphatic carbocycles. The Kier molecular flexibility index (Phi) is 4.01. The van der Waals surface area contributed by atoms with E-state index >= 15 is 0 Å². The molecule has 1 aliphatic heterocycles. The molecule has 2 aromatic rings. The Morgan fingerprint density at radius 2 is 2.12 bits per heavy atom. The maximum Gasteiger partial charge on any atom is 0.303 e. The van der Waals surface area contributed by atoms with E-state index in [1.54, 1.807) is 22.8 Å². The molecule has 0 aromatic carbocycles. The molecule has 9 heteroatoms. The molecule has 2 aliphatic rings. The van der Waals surface area contributed by atoms with E-state index in [9.17, 15) is 14.7 Å². The van der Waals surface area contributed by atoms with E-state index in [0.717, 1.165) is 29.9 Å². The van der Waals surface area contributed by atoms with Crippen LogP contribution in [0.3, 0.4) is 0 Å². The number of hydrogen-bond donors (Lipinski definition) is 2. The minimum absolute atomic E-state index is 0.00483. The summed E-state index contributed by atoms with van der Waals surface area (Å²) in [5, 5.41) is 24.6. The first-order valence-electron chi connectivity index (χ1n) is 8.86. The summed E-state index contributed by atoms with van der Waals surface area (Å²) in [6.45, 7) is 2.71. The number of carbonyl (C=O) groups excluding carboxylic acids is 1. The van der Waals surface area contributed by atoms with Crippen molar-refractivity contribution < 1.29 is 14.7 Å². The van der Waals surface area contributed by atoms with E-state index in [1.807, 2.05) is 6.92 Å². The van der Waals surface area contributed by atoms with Gasteiger partial charge >= 0.3 is 5.97 Å². The average Bonchev–Trinajstić information content (AvgIpc) is 3.01. The summed E-state index contributed by atoms with van der Waals surface area (Å²) in [5.41, 5.74) is 3.02. The Morgan fingerprint density at radius 1 is 1.35 bits per heavy atom.